The summed E-state index contributed by atoms with van der Waals surface area (Å²) in [5.41, 5.74) is 1.01. The van der Waals surface area contributed by atoms with Crippen molar-refractivity contribution in [1.82, 2.24) is 4.90 Å². The van der Waals surface area contributed by atoms with Gasteiger partial charge in [-0.3, -0.25) is 9.10 Å². The van der Waals surface area contributed by atoms with Crippen molar-refractivity contribution in [3.05, 3.63) is 60.2 Å². The number of benzene rings is 2. The standard InChI is InChI=1S/C20H24N2O3S/c1-21(18-11-5-4-6-12-18)26(24,25)19-13-9-10-17(16-19)20(23)22-14-7-2-3-8-15-22/h4-6,9-13,16H,2-3,7-8,14-15H2,1H3. The molecule has 2 aromatic carbocycles. The maximum atomic E-state index is 12.9. The summed E-state index contributed by atoms with van der Waals surface area (Å²) in [5, 5.41) is 0. The molecule has 0 bridgehead atoms. The molecule has 138 valence electrons. The number of rotatable bonds is 4. The molecule has 0 aliphatic carbocycles. The Morgan fingerprint density at radius 2 is 1.58 bits per heavy atom. The average Bonchev–Trinajstić information content (AvgIpc) is 2.97. The molecular weight excluding hydrogens is 348 g/mol. The number of anilines is 1. The number of likely N-dealkylation sites (tertiary alicyclic amines) is 1. The molecule has 2 aromatic rings. The second kappa shape index (κ2) is 7.91. The van der Waals surface area contributed by atoms with Gasteiger partial charge in [-0.15, -0.1) is 0 Å². The second-order valence-electron chi connectivity index (χ2n) is 6.54. The number of hydrogen-bond donors (Lipinski definition) is 0. The Kier molecular flexibility index (Phi) is 5.61. The molecule has 0 unspecified atom stereocenters. The predicted octanol–water partition coefficient (Wildman–Crippen LogP) is 3.53. The molecule has 0 spiro atoms. The van der Waals surface area contributed by atoms with E-state index in [0.29, 0.717) is 11.3 Å². The average molecular weight is 372 g/mol. The first-order chi connectivity index (χ1) is 12.5. The number of carbonyl (C=O) groups is 1. The van der Waals surface area contributed by atoms with Crippen LogP contribution >= 0.6 is 0 Å². The van der Waals surface area contributed by atoms with Gasteiger partial charge in [-0.05, 0) is 43.2 Å². The van der Waals surface area contributed by atoms with Gasteiger partial charge in [0.1, 0.15) is 0 Å². The van der Waals surface area contributed by atoms with E-state index in [1.54, 1.807) is 36.4 Å². The fourth-order valence-corrected chi connectivity index (χ4v) is 4.42. The Bertz CT molecular complexity index is 858. The Balaban J connectivity index is 1.87. The first-order valence-electron chi connectivity index (χ1n) is 8.93. The maximum absolute atomic E-state index is 12.9. The number of sulfonamides is 1. The minimum atomic E-state index is -3.72. The van der Waals surface area contributed by atoms with Crippen molar-refractivity contribution in [3.63, 3.8) is 0 Å². The van der Waals surface area contributed by atoms with Gasteiger partial charge >= 0.3 is 0 Å². The Morgan fingerprint density at radius 3 is 2.23 bits per heavy atom. The first-order valence-corrected chi connectivity index (χ1v) is 10.4. The van der Waals surface area contributed by atoms with Crippen LogP contribution in [0.5, 0.6) is 0 Å². The normalized spacial score (nSPS) is 15.3. The molecule has 1 amide bonds. The van der Waals surface area contributed by atoms with Crippen LogP contribution in [0.3, 0.4) is 0 Å². The van der Waals surface area contributed by atoms with Crippen molar-refractivity contribution in [2.75, 3.05) is 24.4 Å². The Hall–Kier alpha value is -2.34. The lowest BCUT2D eigenvalue weighted by Crippen LogP contribution is -2.32. The van der Waals surface area contributed by atoms with Crippen LogP contribution in [0.25, 0.3) is 0 Å². The van der Waals surface area contributed by atoms with Gasteiger partial charge in [0.2, 0.25) is 0 Å². The van der Waals surface area contributed by atoms with E-state index < -0.39 is 10.0 Å². The van der Waals surface area contributed by atoms with Gasteiger partial charge in [0, 0.05) is 25.7 Å². The summed E-state index contributed by atoms with van der Waals surface area (Å²) in [4.78, 5) is 14.8. The number of para-hydroxylation sites is 1. The predicted molar refractivity (Wildman–Crippen MR) is 103 cm³/mol. The molecule has 3 rings (SSSR count). The van der Waals surface area contributed by atoms with Crippen molar-refractivity contribution in [1.29, 1.82) is 0 Å². The van der Waals surface area contributed by atoms with E-state index in [4.69, 9.17) is 0 Å². The van der Waals surface area contributed by atoms with Crippen LogP contribution < -0.4 is 4.31 Å². The number of nitrogens with zero attached hydrogens (tertiary/aromatic N) is 2. The van der Waals surface area contributed by atoms with Crippen LogP contribution in [0.15, 0.2) is 59.5 Å². The summed E-state index contributed by atoms with van der Waals surface area (Å²) in [6, 6.07) is 15.3. The summed E-state index contributed by atoms with van der Waals surface area (Å²) >= 11 is 0. The third kappa shape index (κ3) is 3.90. The Labute approximate surface area is 155 Å². The van der Waals surface area contributed by atoms with Crippen LogP contribution in [-0.4, -0.2) is 39.4 Å². The van der Waals surface area contributed by atoms with Gasteiger partial charge < -0.3 is 4.90 Å². The summed E-state index contributed by atoms with van der Waals surface area (Å²) in [6.45, 7) is 1.47. The van der Waals surface area contributed by atoms with Gasteiger partial charge in [0.25, 0.3) is 15.9 Å². The molecule has 1 aliphatic heterocycles. The fraction of sp³-hybridized carbons (Fsp3) is 0.350. The topological polar surface area (TPSA) is 57.7 Å². The van der Waals surface area contributed by atoms with Crippen LogP contribution in [-0.2, 0) is 10.0 Å². The molecule has 0 N–H and O–H groups in total. The van der Waals surface area contributed by atoms with E-state index in [1.807, 2.05) is 11.0 Å². The van der Waals surface area contributed by atoms with E-state index in [2.05, 4.69) is 0 Å². The highest BCUT2D eigenvalue weighted by atomic mass is 32.2. The summed E-state index contributed by atoms with van der Waals surface area (Å²) in [6.07, 6.45) is 4.28. The fourth-order valence-electron chi connectivity index (χ4n) is 3.18. The lowest BCUT2D eigenvalue weighted by Gasteiger charge is -2.22. The largest absolute Gasteiger partial charge is 0.339 e. The molecule has 6 heteroatoms. The van der Waals surface area contributed by atoms with E-state index in [-0.39, 0.29) is 10.8 Å². The smallest absolute Gasteiger partial charge is 0.264 e. The highest BCUT2D eigenvalue weighted by molar-refractivity contribution is 7.92. The molecule has 5 nitrogen and oxygen atoms in total. The molecule has 1 heterocycles. The van der Waals surface area contributed by atoms with Crippen molar-refractivity contribution < 1.29 is 13.2 Å². The molecule has 0 aromatic heterocycles. The third-order valence-corrected chi connectivity index (χ3v) is 6.53. The first kappa shape index (κ1) is 18.5. The highest BCUT2D eigenvalue weighted by Gasteiger charge is 2.24. The molecule has 1 fully saturated rings. The zero-order valence-corrected chi connectivity index (χ0v) is 15.8. The van der Waals surface area contributed by atoms with Crippen molar-refractivity contribution in [3.8, 4) is 0 Å². The molecule has 1 saturated heterocycles. The molecular formula is C20H24N2O3S. The lowest BCUT2D eigenvalue weighted by atomic mass is 10.2. The Morgan fingerprint density at radius 1 is 0.923 bits per heavy atom. The van der Waals surface area contributed by atoms with Crippen molar-refractivity contribution >= 4 is 21.6 Å². The number of hydrogen-bond acceptors (Lipinski definition) is 3. The van der Waals surface area contributed by atoms with Crippen LogP contribution in [0.2, 0.25) is 0 Å². The van der Waals surface area contributed by atoms with Crippen LogP contribution in [0.4, 0.5) is 5.69 Å². The van der Waals surface area contributed by atoms with Gasteiger partial charge in [0.05, 0.1) is 10.6 Å². The van der Waals surface area contributed by atoms with E-state index in [9.17, 15) is 13.2 Å². The van der Waals surface area contributed by atoms with Gasteiger partial charge in [0.15, 0.2) is 0 Å². The molecule has 0 radical (unpaired) electrons. The number of amides is 1. The second-order valence-corrected chi connectivity index (χ2v) is 8.51. The molecule has 0 atom stereocenters. The zero-order valence-electron chi connectivity index (χ0n) is 15.0. The molecule has 1 aliphatic rings. The van der Waals surface area contributed by atoms with Crippen LogP contribution in [0.1, 0.15) is 36.0 Å². The van der Waals surface area contributed by atoms with E-state index in [0.717, 1.165) is 38.8 Å². The van der Waals surface area contributed by atoms with Crippen molar-refractivity contribution in [2.24, 2.45) is 0 Å². The summed E-state index contributed by atoms with van der Waals surface area (Å²) in [5.74, 6) is -0.0914. The SMILES string of the molecule is CN(c1ccccc1)S(=O)(=O)c1cccc(C(=O)N2CCCCCC2)c1. The third-order valence-electron chi connectivity index (χ3n) is 4.75. The monoisotopic (exact) mass is 372 g/mol. The molecule has 0 saturated carbocycles. The number of carbonyl (C=O) groups excluding carboxylic acids is 1. The quantitative estimate of drug-likeness (QED) is 0.825. The molecule has 26 heavy (non-hydrogen) atoms. The summed E-state index contributed by atoms with van der Waals surface area (Å²) < 4.78 is 27.1. The van der Waals surface area contributed by atoms with Crippen LogP contribution in [0, 0.1) is 0 Å². The van der Waals surface area contributed by atoms with Gasteiger partial charge in [-0.1, -0.05) is 37.1 Å². The maximum Gasteiger partial charge on any atom is 0.264 e. The minimum absolute atomic E-state index is 0.0914. The minimum Gasteiger partial charge on any atom is -0.339 e. The summed E-state index contributed by atoms with van der Waals surface area (Å²) in [7, 11) is -2.20. The highest BCUT2D eigenvalue weighted by Crippen LogP contribution is 2.23. The van der Waals surface area contributed by atoms with Gasteiger partial charge in [-0.2, -0.15) is 0 Å². The van der Waals surface area contributed by atoms with E-state index in [1.165, 1.54) is 23.5 Å². The van der Waals surface area contributed by atoms with Gasteiger partial charge in [-0.25, -0.2) is 8.42 Å². The zero-order chi connectivity index (χ0) is 18.6. The van der Waals surface area contributed by atoms with E-state index >= 15 is 0 Å². The lowest BCUT2D eigenvalue weighted by molar-refractivity contribution is 0.0761. The van der Waals surface area contributed by atoms with Crippen molar-refractivity contribution in [2.45, 2.75) is 30.6 Å².